The second-order valence-electron chi connectivity index (χ2n) is 5.61. The third kappa shape index (κ3) is 1.93. The standard InChI is InChI=1S/C20H16O/c1-13-7-8-15(11-14(13)2)16-9-10-18-17-5-3-4-6-19(17)21-20(18)12-16/h3-12H,1-2H3. The summed E-state index contributed by atoms with van der Waals surface area (Å²) in [6.45, 7) is 4.29. The molecule has 0 N–H and O–H groups in total. The molecule has 1 aromatic heterocycles. The van der Waals surface area contributed by atoms with Gasteiger partial charge in [0.05, 0.1) is 0 Å². The zero-order valence-corrected chi connectivity index (χ0v) is 12.2. The predicted octanol–water partition coefficient (Wildman–Crippen LogP) is 5.87. The van der Waals surface area contributed by atoms with Crippen molar-refractivity contribution < 1.29 is 4.42 Å². The average molecular weight is 272 g/mol. The second kappa shape index (κ2) is 4.49. The van der Waals surface area contributed by atoms with Crippen molar-refractivity contribution in [1.82, 2.24) is 0 Å². The third-order valence-corrected chi connectivity index (χ3v) is 4.22. The van der Waals surface area contributed by atoms with E-state index in [0.717, 1.165) is 11.2 Å². The van der Waals surface area contributed by atoms with Crippen LogP contribution in [0, 0.1) is 13.8 Å². The summed E-state index contributed by atoms with van der Waals surface area (Å²) in [6.07, 6.45) is 0. The molecule has 0 radical (unpaired) electrons. The van der Waals surface area contributed by atoms with Crippen LogP contribution in [0.1, 0.15) is 11.1 Å². The molecule has 102 valence electrons. The molecule has 3 aromatic carbocycles. The molecule has 0 atom stereocenters. The lowest BCUT2D eigenvalue weighted by molar-refractivity contribution is 0.669. The van der Waals surface area contributed by atoms with Gasteiger partial charge in [-0.3, -0.25) is 0 Å². The summed E-state index contributed by atoms with van der Waals surface area (Å²) in [7, 11) is 0. The van der Waals surface area contributed by atoms with Crippen molar-refractivity contribution in [2.45, 2.75) is 13.8 Å². The minimum absolute atomic E-state index is 0.949. The molecule has 0 saturated heterocycles. The maximum Gasteiger partial charge on any atom is 0.136 e. The van der Waals surface area contributed by atoms with Crippen LogP contribution in [-0.4, -0.2) is 0 Å². The van der Waals surface area contributed by atoms with Crippen LogP contribution in [0.5, 0.6) is 0 Å². The molecule has 4 rings (SSSR count). The Morgan fingerprint density at radius 2 is 1.33 bits per heavy atom. The van der Waals surface area contributed by atoms with E-state index in [1.54, 1.807) is 0 Å². The molecule has 0 bridgehead atoms. The highest BCUT2D eigenvalue weighted by atomic mass is 16.3. The normalized spacial score (nSPS) is 11.3. The number of fused-ring (bicyclic) bond motifs is 3. The van der Waals surface area contributed by atoms with E-state index < -0.39 is 0 Å². The molecule has 21 heavy (non-hydrogen) atoms. The highest BCUT2D eigenvalue weighted by Gasteiger charge is 2.08. The van der Waals surface area contributed by atoms with Crippen LogP contribution in [0.15, 0.2) is 65.1 Å². The number of benzene rings is 3. The van der Waals surface area contributed by atoms with Gasteiger partial charge in [0, 0.05) is 10.8 Å². The van der Waals surface area contributed by atoms with Crippen LogP contribution in [0.25, 0.3) is 33.1 Å². The molecule has 0 aliphatic carbocycles. The van der Waals surface area contributed by atoms with Crippen LogP contribution in [-0.2, 0) is 0 Å². The quantitative estimate of drug-likeness (QED) is 0.422. The number of aryl methyl sites for hydroxylation is 2. The molecule has 0 fully saturated rings. The molecule has 0 amide bonds. The minimum atomic E-state index is 0.949. The number of hydrogen-bond acceptors (Lipinski definition) is 1. The molecule has 1 nitrogen and oxygen atoms in total. The highest BCUT2D eigenvalue weighted by molar-refractivity contribution is 6.05. The first-order valence-corrected chi connectivity index (χ1v) is 7.21. The van der Waals surface area contributed by atoms with Gasteiger partial charge in [-0.05, 0) is 54.3 Å². The Bertz CT molecular complexity index is 960. The fourth-order valence-corrected chi connectivity index (χ4v) is 2.83. The SMILES string of the molecule is Cc1ccc(-c2ccc3c(c2)oc2ccccc23)cc1C. The van der Waals surface area contributed by atoms with E-state index in [1.165, 1.54) is 33.0 Å². The van der Waals surface area contributed by atoms with Gasteiger partial charge in [-0.1, -0.05) is 42.5 Å². The summed E-state index contributed by atoms with van der Waals surface area (Å²) < 4.78 is 5.97. The maximum absolute atomic E-state index is 5.97. The molecule has 1 heteroatoms. The first-order valence-electron chi connectivity index (χ1n) is 7.21. The van der Waals surface area contributed by atoms with Gasteiger partial charge in [-0.25, -0.2) is 0 Å². The number of furan rings is 1. The van der Waals surface area contributed by atoms with Crippen molar-refractivity contribution in [1.29, 1.82) is 0 Å². The molecular weight excluding hydrogens is 256 g/mol. The van der Waals surface area contributed by atoms with E-state index in [1.807, 2.05) is 12.1 Å². The molecule has 1 heterocycles. The third-order valence-electron chi connectivity index (χ3n) is 4.22. The monoisotopic (exact) mass is 272 g/mol. The number of para-hydroxylation sites is 1. The van der Waals surface area contributed by atoms with E-state index >= 15 is 0 Å². The molecule has 0 unspecified atom stereocenters. The highest BCUT2D eigenvalue weighted by Crippen LogP contribution is 2.32. The van der Waals surface area contributed by atoms with Crippen LogP contribution in [0.4, 0.5) is 0 Å². The fraction of sp³-hybridized carbons (Fsp3) is 0.100. The number of rotatable bonds is 1. The molecule has 0 aliphatic heterocycles. The summed E-state index contributed by atoms with van der Waals surface area (Å²) in [5.74, 6) is 0. The average Bonchev–Trinajstić information content (AvgIpc) is 2.87. The van der Waals surface area contributed by atoms with Crippen molar-refractivity contribution in [2.24, 2.45) is 0 Å². The summed E-state index contributed by atoms with van der Waals surface area (Å²) in [5, 5.41) is 2.36. The maximum atomic E-state index is 5.97. The van der Waals surface area contributed by atoms with Gasteiger partial charge >= 0.3 is 0 Å². The van der Waals surface area contributed by atoms with Crippen LogP contribution in [0.3, 0.4) is 0 Å². The smallest absolute Gasteiger partial charge is 0.136 e. The van der Waals surface area contributed by atoms with Gasteiger partial charge in [0.2, 0.25) is 0 Å². The van der Waals surface area contributed by atoms with Gasteiger partial charge in [0.15, 0.2) is 0 Å². The van der Waals surface area contributed by atoms with Crippen molar-refractivity contribution >= 4 is 21.9 Å². The van der Waals surface area contributed by atoms with E-state index in [9.17, 15) is 0 Å². The molecule has 0 aliphatic rings. The van der Waals surface area contributed by atoms with Gasteiger partial charge in [0.1, 0.15) is 11.2 Å². The summed E-state index contributed by atoms with van der Waals surface area (Å²) in [5.41, 5.74) is 6.97. The topological polar surface area (TPSA) is 13.1 Å². The zero-order chi connectivity index (χ0) is 14.4. The zero-order valence-electron chi connectivity index (χ0n) is 12.2. The van der Waals surface area contributed by atoms with Crippen LogP contribution >= 0.6 is 0 Å². The van der Waals surface area contributed by atoms with E-state index in [4.69, 9.17) is 4.42 Å². The Kier molecular flexibility index (Phi) is 2.61. The molecule has 0 spiro atoms. The second-order valence-corrected chi connectivity index (χ2v) is 5.61. The Morgan fingerprint density at radius 3 is 2.19 bits per heavy atom. The fourth-order valence-electron chi connectivity index (χ4n) is 2.83. The molecule has 4 aromatic rings. The van der Waals surface area contributed by atoms with Crippen LogP contribution < -0.4 is 0 Å². The van der Waals surface area contributed by atoms with E-state index in [2.05, 4.69) is 62.4 Å². The lowest BCUT2D eigenvalue weighted by Gasteiger charge is -2.05. The molecule has 0 saturated carbocycles. The number of hydrogen-bond donors (Lipinski definition) is 0. The summed E-state index contributed by atoms with van der Waals surface area (Å²) in [4.78, 5) is 0. The Labute approximate surface area is 123 Å². The van der Waals surface area contributed by atoms with Gasteiger partial charge < -0.3 is 4.42 Å². The Morgan fingerprint density at radius 1 is 0.619 bits per heavy atom. The molecular formula is C20H16O. The van der Waals surface area contributed by atoms with Crippen molar-refractivity contribution in [3.05, 3.63) is 71.8 Å². The van der Waals surface area contributed by atoms with Crippen LogP contribution in [0.2, 0.25) is 0 Å². The van der Waals surface area contributed by atoms with E-state index in [0.29, 0.717) is 0 Å². The lowest BCUT2D eigenvalue weighted by Crippen LogP contribution is -1.83. The largest absolute Gasteiger partial charge is 0.456 e. The van der Waals surface area contributed by atoms with Crippen molar-refractivity contribution in [2.75, 3.05) is 0 Å². The first kappa shape index (κ1) is 12.2. The lowest BCUT2D eigenvalue weighted by atomic mass is 9.99. The van der Waals surface area contributed by atoms with Crippen molar-refractivity contribution in [3.63, 3.8) is 0 Å². The first-order chi connectivity index (χ1) is 10.2. The summed E-state index contributed by atoms with van der Waals surface area (Å²) >= 11 is 0. The predicted molar refractivity (Wildman–Crippen MR) is 88.6 cm³/mol. The summed E-state index contributed by atoms with van der Waals surface area (Å²) in [6, 6.07) is 21.2. The van der Waals surface area contributed by atoms with Crippen molar-refractivity contribution in [3.8, 4) is 11.1 Å². The van der Waals surface area contributed by atoms with Gasteiger partial charge in [-0.2, -0.15) is 0 Å². The minimum Gasteiger partial charge on any atom is -0.456 e. The van der Waals surface area contributed by atoms with Gasteiger partial charge in [0.25, 0.3) is 0 Å². The Hall–Kier alpha value is -2.54. The van der Waals surface area contributed by atoms with E-state index in [-0.39, 0.29) is 0 Å². The Balaban J connectivity index is 1.94. The van der Waals surface area contributed by atoms with Gasteiger partial charge in [-0.15, -0.1) is 0 Å².